The van der Waals surface area contributed by atoms with Gasteiger partial charge in [-0.15, -0.1) is 0 Å². The van der Waals surface area contributed by atoms with E-state index in [1.807, 2.05) is 6.92 Å². The second kappa shape index (κ2) is 6.08. The Morgan fingerprint density at radius 2 is 2.40 bits per heavy atom. The first-order valence-electron chi connectivity index (χ1n) is 5.83. The van der Waals surface area contributed by atoms with Gasteiger partial charge in [-0.1, -0.05) is 6.92 Å². The topological polar surface area (TPSA) is 58.4 Å². The van der Waals surface area contributed by atoms with Gasteiger partial charge in [0.25, 0.3) is 0 Å². The molecular formula is C11H23N3O. The van der Waals surface area contributed by atoms with Crippen LogP contribution in [0.15, 0.2) is 0 Å². The van der Waals surface area contributed by atoms with Crippen molar-refractivity contribution in [3.05, 3.63) is 0 Å². The highest BCUT2D eigenvalue weighted by Gasteiger charge is 2.21. The molecule has 1 heterocycles. The van der Waals surface area contributed by atoms with Crippen molar-refractivity contribution in [2.75, 3.05) is 26.7 Å². The van der Waals surface area contributed by atoms with Gasteiger partial charge >= 0.3 is 0 Å². The van der Waals surface area contributed by atoms with Crippen LogP contribution in [0.3, 0.4) is 0 Å². The minimum Gasteiger partial charge on any atom is -0.354 e. The van der Waals surface area contributed by atoms with Gasteiger partial charge in [-0.25, -0.2) is 0 Å². The van der Waals surface area contributed by atoms with Gasteiger partial charge in [0.2, 0.25) is 5.91 Å². The molecule has 15 heavy (non-hydrogen) atoms. The van der Waals surface area contributed by atoms with Crippen LogP contribution in [0.2, 0.25) is 0 Å². The Balaban J connectivity index is 2.21. The summed E-state index contributed by atoms with van der Waals surface area (Å²) in [5, 5.41) is 3.00. The van der Waals surface area contributed by atoms with Crippen LogP contribution in [0.4, 0.5) is 0 Å². The van der Waals surface area contributed by atoms with Crippen molar-refractivity contribution in [2.45, 2.75) is 32.2 Å². The lowest BCUT2D eigenvalue weighted by molar-refractivity contribution is -0.124. The number of likely N-dealkylation sites (N-methyl/N-ethyl adjacent to an activating group) is 1. The molecule has 0 aromatic rings. The van der Waals surface area contributed by atoms with Crippen LogP contribution in [-0.4, -0.2) is 43.5 Å². The second-order valence-electron chi connectivity index (χ2n) is 4.50. The summed E-state index contributed by atoms with van der Waals surface area (Å²) in [5.41, 5.74) is 5.42. The quantitative estimate of drug-likeness (QED) is 0.685. The number of nitrogens with one attached hydrogen (secondary N) is 1. The Labute approximate surface area is 92.2 Å². The number of hydrogen-bond acceptors (Lipinski definition) is 3. The summed E-state index contributed by atoms with van der Waals surface area (Å²) in [6.45, 7) is 4.45. The average Bonchev–Trinajstić information content (AvgIpc) is 2.61. The number of carbonyl (C=O) groups is 1. The molecule has 1 fully saturated rings. The predicted molar refractivity (Wildman–Crippen MR) is 61.5 cm³/mol. The van der Waals surface area contributed by atoms with Crippen LogP contribution >= 0.6 is 0 Å². The molecule has 1 saturated heterocycles. The van der Waals surface area contributed by atoms with Gasteiger partial charge in [-0.2, -0.15) is 0 Å². The first-order chi connectivity index (χ1) is 7.15. The summed E-state index contributed by atoms with van der Waals surface area (Å²) in [7, 11) is 2.12. The minimum absolute atomic E-state index is 0.0432. The zero-order valence-corrected chi connectivity index (χ0v) is 9.83. The molecule has 0 spiro atoms. The van der Waals surface area contributed by atoms with Gasteiger partial charge in [0.1, 0.15) is 0 Å². The van der Waals surface area contributed by atoms with Crippen molar-refractivity contribution in [3.8, 4) is 0 Å². The lowest BCUT2D eigenvalue weighted by atomic mass is 10.1. The van der Waals surface area contributed by atoms with E-state index in [9.17, 15) is 4.79 Å². The third kappa shape index (κ3) is 3.80. The van der Waals surface area contributed by atoms with Crippen LogP contribution in [0.25, 0.3) is 0 Å². The molecule has 0 bridgehead atoms. The van der Waals surface area contributed by atoms with E-state index in [4.69, 9.17) is 5.73 Å². The zero-order valence-electron chi connectivity index (χ0n) is 9.83. The van der Waals surface area contributed by atoms with Gasteiger partial charge in [0, 0.05) is 18.5 Å². The van der Waals surface area contributed by atoms with E-state index in [1.165, 1.54) is 12.8 Å². The molecule has 0 aliphatic carbocycles. The number of rotatable bonds is 5. The molecule has 88 valence electrons. The van der Waals surface area contributed by atoms with Gasteiger partial charge in [0.05, 0.1) is 0 Å². The molecule has 1 aliphatic rings. The van der Waals surface area contributed by atoms with Crippen molar-refractivity contribution in [2.24, 2.45) is 11.7 Å². The van der Waals surface area contributed by atoms with Gasteiger partial charge in [0.15, 0.2) is 0 Å². The molecule has 2 atom stereocenters. The van der Waals surface area contributed by atoms with Crippen LogP contribution in [0.1, 0.15) is 26.2 Å². The molecule has 3 N–H and O–H groups in total. The fourth-order valence-corrected chi connectivity index (χ4v) is 2.01. The van der Waals surface area contributed by atoms with Crippen LogP contribution < -0.4 is 11.1 Å². The van der Waals surface area contributed by atoms with Crippen LogP contribution in [0, 0.1) is 5.92 Å². The number of likely N-dealkylation sites (tertiary alicyclic amines) is 1. The van der Waals surface area contributed by atoms with Crippen molar-refractivity contribution in [1.29, 1.82) is 0 Å². The zero-order chi connectivity index (χ0) is 11.3. The summed E-state index contributed by atoms with van der Waals surface area (Å²) in [5.74, 6) is 0.183. The predicted octanol–water partition coefficient (Wildman–Crippen LogP) is 0.182. The van der Waals surface area contributed by atoms with Crippen molar-refractivity contribution in [1.82, 2.24) is 10.2 Å². The summed E-state index contributed by atoms with van der Waals surface area (Å²) in [6, 6.07) is 0.527. The number of nitrogens with zero attached hydrogens (tertiary/aromatic N) is 1. The number of hydrogen-bond donors (Lipinski definition) is 2. The molecule has 4 heteroatoms. The van der Waals surface area contributed by atoms with Gasteiger partial charge in [-0.05, 0) is 39.4 Å². The second-order valence-corrected chi connectivity index (χ2v) is 4.50. The molecule has 0 aromatic carbocycles. The van der Waals surface area contributed by atoms with Gasteiger partial charge in [-0.3, -0.25) is 4.79 Å². The third-order valence-electron chi connectivity index (χ3n) is 3.23. The fourth-order valence-electron chi connectivity index (χ4n) is 2.01. The van der Waals surface area contributed by atoms with Crippen molar-refractivity contribution >= 4 is 5.91 Å². The highest BCUT2D eigenvalue weighted by molar-refractivity contribution is 5.78. The summed E-state index contributed by atoms with van der Waals surface area (Å²) >= 11 is 0. The summed E-state index contributed by atoms with van der Waals surface area (Å²) < 4.78 is 0. The lowest BCUT2D eigenvalue weighted by Gasteiger charge is -2.20. The van der Waals surface area contributed by atoms with E-state index in [1.54, 1.807) is 0 Å². The molecule has 0 radical (unpaired) electrons. The molecule has 1 rings (SSSR count). The standard InChI is InChI=1S/C11H23N3O/c1-9(5-6-12)11(15)13-8-10-4-3-7-14(10)2/h9-10H,3-8,12H2,1-2H3,(H,13,15). The maximum Gasteiger partial charge on any atom is 0.222 e. The van der Waals surface area contributed by atoms with E-state index in [2.05, 4.69) is 17.3 Å². The molecular weight excluding hydrogens is 190 g/mol. The van der Waals surface area contributed by atoms with E-state index < -0.39 is 0 Å². The maximum absolute atomic E-state index is 11.6. The number of nitrogens with two attached hydrogens (primary N) is 1. The first kappa shape index (κ1) is 12.5. The van der Waals surface area contributed by atoms with E-state index >= 15 is 0 Å². The Morgan fingerprint density at radius 3 is 2.93 bits per heavy atom. The number of carbonyl (C=O) groups excluding carboxylic acids is 1. The summed E-state index contributed by atoms with van der Waals surface area (Å²) in [6.07, 6.45) is 3.21. The molecule has 0 aromatic heterocycles. The molecule has 4 nitrogen and oxygen atoms in total. The third-order valence-corrected chi connectivity index (χ3v) is 3.23. The molecule has 1 amide bonds. The van der Waals surface area contributed by atoms with Gasteiger partial charge < -0.3 is 16.0 Å². The normalized spacial score (nSPS) is 24.1. The van der Waals surface area contributed by atoms with Crippen LogP contribution in [-0.2, 0) is 4.79 Å². The first-order valence-corrected chi connectivity index (χ1v) is 5.83. The van der Waals surface area contributed by atoms with E-state index in [0.29, 0.717) is 12.6 Å². The monoisotopic (exact) mass is 213 g/mol. The number of amides is 1. The smallest absolute Gasteiger partial charge is 0.222 e. The molecule has 0 saturated carbocycles. The Bertz CT molecular complexity index is 208. The van der Waals surface area contributed by atoms with E-state index in [0.717, 1.165) is 19.5 Å². The lowest BCUT2D eigenvalue weighted by Crippen LogP contribution is -2.40. The Kier molecular flexibility index (Phi) is 5.05. The molecule has 1 aliphatic heterocycles. The summed E-state index contributed by atoms with van der Waals surface area (Å²) in [4.78, 5) is 13.9. The average molecular weight is 213 g/mol. The van der Waals surface area contributed by atoms with Crippen molar-refractivity contribution in [3.63, 3.8) is 0 Å². The Morgan fingerprint density at radius 1 is 1.67 bits per heavy atom. The maximum atomic E-state index is 11.6. The Hall–Kier alpha value is -0.610. The van der Waals surface area contributed by atoms with Crippen LogP contribution in [0.5, 0.6) is 0 Å². The molecule has 2 unspecified atom stereocenters. The largest absolute Gasteiger partial charge is 0.354 e. The SMILES string of the molecule is CC(CCN)C(=O)NCC1CCCN1C. The van der Waals surface area contributed by atoms with E-state index in [-0.39, 0.29) is 11.8 Å². The minimum atomic E-state index is 0.0432. The fraction of sp³-hybridized carbons (Fsp3) is 0.909. The highest BCUT2D eigenvalue weighted by Crippen LogP contribution is 2.13. The highest BCUT2D eigenvalue weighted by atomic mass is 16.1. The van der Waals surface area contributed by atoms with Crippen molar-refractivity contribution < 1.29 is 4.79 Å².